The van der Waals surface area contributed by atoms with Crippen LogP contribution < -0.4 is 5.32 Å². The van der Waals surface area contributed by atoms with Crippen molar-refractivity contribution < 1.29 is 14.3 Å². The first-order chi connectivity index (χ1) is 9.43. The van der Waals surface area contributed by atoms with E-state index in [1.165, 1.54) is 7.11 Å². The van der Waals surface area contributed by atoms with Gasteiger partial charge in [0.1, 0.15) is 10.2 Å². The smallest absolute Gasteiger partial charge is 0.315 e. The molecule has 1 amide bonds. The highest BCUT2D eigenvalue weighted by Crippen LogP contribution is 2.20. The average Bonchev–Trinajstić information content (AvgIpc) is 2.43. The number of alkyl halides is 2. The average molecular weight is 336 g/mol. The molecule has 0 saturated carbocycles. The molecule has 1 unspecified atom stereocenters. The molecule has 110 valence electrons. The van der Waals surface area contributed by atoms with Gasteiger partial charge in [-0.1, -0.05) is 17.7 Å². The normalized spacial score (nSPS) is 12.1. The van der Waals surface area contributed by atoms with Gasteiger partial charge in [0.15, 0.2) is 0 Å². The minimum Gasteiger partial charge on any atom is -0.468 e. The molecule has 1 N–H and O–H groups in total. The molecule has 0 aliphatic rings. The molecule has 0 radical (unpaired) electrons. The van der Waals surface area contributed by atoms with E-state index in [4.69, 9.17) is 23.2 Å². The highest BCUT2D eigenvalue weighted by molar-refractivity contribution is 8.00. The standard InChI is InChI=1S/C13H15Cl2NO3S/c1-8-3-5-9(6-4-8)12(18)16-13(11(14)15)20-7-10(17)19-2/h3-6,11,13H,7H2,1-2H3,(H,16,18). The van der Waals surface area contributed by atoms with Crippen molar-refractivity contribution in [3.63, 3.8) is 0 Å². The Morgan fingerprint density at radius 3 is 2.40 bits per heavy atom. The van der Waals surface area contributed by atoms with Crippen LogP contribution >= 0.6 is 35.0 Å². The summed E-state index contributed by atoms with van der Waals surface area (Å²) in [4.78, 5) is 22.3. The van der Waals surface area contributed by atoms with Crippen molar-refractivity contribution in [3.8, 4) is 0 Å². The summed E-state index contributed by atoms with van der Waals surface area (Å²) in [7, 11) is 1.29. The van der Waals surface area contributed by atoms with E-state index in [1.807, 2.05) is 19.1 Å². The second kappa shape index (κ2) is 8.39. The van der Waals surface area contributed by atoms with Gasteiger partial charge in [-0.05, 0) is 19.1 Å². The third-order valence-corrected chi connectivity index (χ3v) is 4.38. The molecule has 0 aromatic heterocycles. The number of benzene rings is 1. The Hall–Kier alpha value is -0.910. The van der Waals surface area contributed by atoms with Crippen LogP contribution in [0.5, 0.6) is 0 Å². The van der Waals surface area contributed by atoms with Crippen molar-refractivity contribution in [1.82, 2.24) is 5.32 Å². The third kappa shape index (κ3) is 5.61. The van der Waals surface area contributed by atoms with E-state index in [2.05, 4.69) is 10.1 Å². The van der Waals surface area contributed by atoms with Crippen LogP contribution in [0.15, 0.2) is 24.3 Å². The molecule has 0 spiro atoms. The van der Waals surface area contributed by atoms with E-state index >= 15 is 0 Å². The Kier molecular flexibility index (Phi) is 7.19. The van der Waals surface area contributed by atoms with Gasteiger partial charge in [-0.25, -0.2) is 0 Å². The first kappa shape index (κ1) is 17.1. The maximum absolute atomic E-state index is 12.0. The van der Waals surface area contributed by atoms with Crippen molar-refractivity contribution in [2.45, 2.75) is 17.1 Å². The largest absolute Gasteiger partial charge is 0.468 e. The maximum Gasteiger partial charge on any atom is 0.315 e. The number of halogens is 2. The number of hydrogen-bond donors (Lipinski definition) is 1. The van der Waals surface area contributed by atoms with Crippen molar-refractivity contribution in [3.05, 3.63) is 35.4 Å². The van der Waals surface area contributed by atoms with E-state index in [9.17, 15) is 9.59 Å². The highest BCUT2D eigenvalue weighted by atomic mass is 35.5. The molecule has 0 heterocycles. The summed E-state index contributed by atoms with van der Waals surface area (Å²) in [6.45, 7) is 1.93. The molecule has 0 fully saturated rings. The molecule has 4 nitrogen and oxygen atoms in total. The zero-order chi connectivity index (χ0) is 15.1. The number of nitrogens with one attached hydrogen (secondary N) is 1. The van der Waals surface area contributed by atoms with Gasteiger partial charge in [0.05, 0.1) is 12.9 Å². The number of methoxy groups -OCH3 is 1. The number of hydrogen-bond acceptors (Lipinski definition) is 4. The number of carbonyl (C=O) groups excluding carboxylic acids is 2. The molecule has 1 aromatic rings. The summed E-state index contributed by atoms with van der Waals surface area (Å²) in [5, 5.41) is 2.09. The highest BCUT2D eigenvalue weighted by Gasteiger charge is 2.22. The fourth-order valence-electron chi connectivity index (χ4n) is 1.31. The fraction of sp³-hybridized carbons (Fsp3) is 0.385. The predicted molar refractivity (Wildman–Crippen MR) is 82.4 cm³/mol. The number of aryl methyl sites for hydroxylation is 1. The SMILES string of the molecule is COC(=O)CSC(NC(=O)c1ccc(C)cc1)C(Cl)Cl. The van der Waals surface area contributed by atoms with Crippen LogP contribution in [-0.4, -0.2) is 34.9 Å². The van der Waals surface area contributed by atoms with Crippen LogP contribution in [-0.2, 0) is 9.53 Å². The summed E-state index contributed by atoms with van der Waals surface area (Å²) >= 11 is 12.7. The molecule has 1 atom stereocenters. The lowest BCUT2D eigenvalue weighted by Gasteiger charge is -2.18. The van der Waals surface area contributed by atoms with Crippen molar-refractivity contribution >= 4 is 46.8 Å². The van der Waals surface area contributed by atoms with E-state index in [-0.39, 0.29) is 11.7 Å². The van der Waals surface area contributed by atoms with Crippen LogP contribution in [0.3, 0.4) is 0 Å². The predicted octanol–water partition coefficient (Wildman–Crippen LogP) is 2.76. The summed E-state index contributed by atoms with van der Waals surface area (Å²) in [5.41, 5.74) is 1.57. The third-order valence-electron chi connectivity index (χ3n) is 2.42. The number of ether oxygens (including phenoxy) is 1. The molecule has 0 aliphatic heterocycles. The summed E-state index contributed by atoms with van der Waals surface area (Å²) < 4.78 is 4.52. The van der Waals surface area contributed by atoms with Gasteiger partial charge in [0.25, 0.3) is 5.91 Å². The van der Waals surface area contributed by atoms with Gasteiger partial charge in [-0.3, -0.25) is 9.59 Å². The van der Waals surface area contributed by atoms with E-state index in [0.29, 0.717) is 5.56 Å². The lowest BCUT2D eigenvalue weighted by atomic mass is 10.1. The summed E-state index contributed by atoms with van der Waals surface area (Å²) in [6.07, 6.45) is 0. The monoisotopic (exact) mass is 335 g/mol. The zero-order valence-electron chi connectivity index (χ0n) is 11.1. The van der Waals surface area contributed by atoms with Gasteiger partial charge in [-0.2, -0.15) is 0 Å². The molecular weight excluding hydrogens is 321 g/mol. The molecule has 0 saturated heterocycles. The molecule has 0 aliphatic carbocycles. The molecular formula is C13H15Cl2NO3S. The summed E-state index contributed by atoms with van der Waals surface area (Å²) in [6, 6.07) is 7.10. The second-order valence-electron chi connectivity index (χ2n) is 3.98. The Morgan fingerprint density at radius 1 is 1.30 bits per heavy atom. The minimum atomic E-state index is -0.834. The number of carbonyl (C=O) groups is 2. The number of rotatable bonds is 6. The Morgan fingerprint density at radius 2 is 1.90 bits per heavy atom. The summed E-state index contributed by atoms with van der Waals surface area (Å²) in [5.74, 6) is -0.636. The lowest BCUT2D eigenvalue weighted by molar-refractivity contribution is -0.137. The first-order valence-corrected chi connectivity index (χ1v) is 7.70. The van der Waals surface area contributed by atoms with Crippen LogP contribution in [0.2, 0.25) is 0 Å². The van der Waals surface area contributed by atoms with Crippen molar-refractivity contribution in [2.75, 3.05) is 12.9 Å². The van der Waals surface area contributed by atoms with Gasteiger partial charge in [0, 0.05) is 5.56 Å². The van der Waals surface area contributed by atoms with Crippen molar-refractivity contribution in [2.24, 2.45) is 0 Å². The van der Waals surface area contributed by atoms with E-state index < -0.39 is 16.2 Å². The van der Waals surface area contributed by atoms with Crippen LogP contribution in [0.1, 0.15) is 15.9 Å². The van der Waals surface area contributed by atoms with Crippen LogP contribution in [0.4, 0.5) is 0 Å². The molecule has 0 bridgehead atoms. The first-order valence-electron chi connectivity index (χ1n) is 5.78. The van der Waals surface area contributed by atoms with E-state index in [0.717, 1.165) is 17.3 Å². The molecule has 20 heavy (non-hydrogen) atoms. The minimum absolute atomic E-state index is 0.0608. The van der Waals surface area contributed by atoms with Gasteiger partial charge in [0.2, 0.25) is 0 Å². The Balaban J connectivity index is 2.63. The molecule has 7 heteroatoms. The Labute approximate surface area is 132 Å². The zero-order valence-corrected chi connectivity index (χ0v) is 13.4. The number of esters is 1. The van der Waals surface area contributed by atoms with E-state index in [1.54, 1.807) is 12.1 Å². The number of amides is 1. The van der Waals surface area contributed by atoms with Gasteiger partial charge in [-0.15, -0.1) is 35.0 Å². The van der Waals surface area contributed by atoms with Crippen molar-refractivity contribution in [1.29, 1.82) is 0 Å². The molecule has 1 rings (SSSR count). The van der Waals surface area contributed by atoms with Crippen LogP contribution in [0, 0.1) is 6.92 Å². The lowest BCUT2D eigenvalue weighted by Crippen LogP contribution is -2.37. The second-order valence-corrected chi connectivity index (χ2v) is 6.28. The molecule has 1 aromatic carbocycles. The quantitative estimate of drug-likeness (QED) is 0.493. The van der Waals surface area contributed by atoms with Gasteiger partial charge < -0.3 is 10.1 Å². The van der Waals surface area contributed by atoms with Crippen LogP contribution in [0.25, 0.3) is 0 Å². The number of thioether (sulfide) groups is 1. The van der Waals surface area contributed by atoms with Gasteiger partial charge >= 0.3 is 5.97 Å². The maximum atomic E-state index is 12.0. The fourth-order valence-corrected chi connectivity index (χ4v) is 2.64. The topological polar surface area (TPSA) is 55.4 Å². The Bertz CT molecular complexity index is 465.